The summed E-state index contributed by atoms with van der Waals surface area (Å²) >= 11 is 0. The molecule has 0 saturated carbocycles. The molecule has 0 atom stereocenters. The number of anilines is 1. The number of aromatic nitrogens is 1. The van der Waals surface area contributed by atoms with Crippen molar-refractivity contribution in [3.8, 4) is 12.1 Å². The first kappa shape index (κ1) is 7.90. The third-order valence-electron chi connectivity index (χ3n) is 1.21. The highest BCUT2D eigenvalue weighted by atomic mass is 15.0. The van der Waals surface area contributed by atoms with Crippen LogP contribution in [0.1, 0.15) is 0 Å². The van der Waals surface area contributed by atoms with Crippen LogP contribution in [0.25, 0.3) is 0 Å². The van der Waals surface area contributed by atoms with Gasteiger partial charge in [-0.05, 0) is 12.1 Å². The number of nitriles is 2. The van der Waals surface area contributed by atoms with E-state index >= 15 is 0 Å². The van der Waals surface area contributed by atoms with Crippen molar-refractivity contribution in [1.29, 1.82) is 10.5 Å². The van der Waals surface area contributed by atoms with E-state index in [2.05, 4.69) is 10.3 Å². The molecule has 0 fully saturated rings. The Balaban J connectivity index is 2.63. The molecule has 0 spiro atoms. The topological polar surface area (TPSA) is 75.4 Å². The minimum absolute atomic E-state index is 0.0459. The summed E-state index contributed by atoms with van der Waals surface area (Å²) < 4.78 is 0. The molecule has 1 rings (SSSR count). The molecule has 0 aliphatic rings. The fourth-order valence-electron chi connectivity index (χ4n) is 0.660. The first-order valence-electron chi connectivity index (χ1n) is 3.27. The number of allylic oxidation sites excluding steroid dienone is 1. The Kier molecular flexibility index (Phi) is 2.53. The highest BCUT2D eigenvalue weighted by Crippen LogP contribution is 2.01. The van der Waals surface area contributed by atoms with E-state index in [4.69, 9.17) is 10.5 Å². The molecule has 0 radical (unpaired) electrons. The smallest absolute Gasteiger partial charge is 0.145 e. The van der Waals surface area contributed by atoms with Crippen molar-refractivity contribution in [2.24, 2.45) is 0 Å². The van der Waals surface area contributed by atoms with E-state index in [1.807, 2.05) is 6.07 Å². The van der Waals surface area contributed by atoms with Crippen LogP contribution < -0.4 is 5.32 Å². The largest absolute Gasteiger partial charge is 0.348 e. The Hall–Kier alpha value is -2.20. The first-order chi connectivity index (χ1) is 5.86. The average molecular weight is 158 g/mol. The van der Waals surface area contributed by atoms with E-state index in [0.29, 0.717) is 0 Å². The van der Waals surface area contributed by atoms with Crippen LogP contribution in [-0.2, 0) is 0 Å². The molecule has 0 amide bonds. The molecule has 0 aromatic carbocycles. The van der Waals surface area contributed by atoms with E-state index in [0.717, 1.165) is 5.82 Å². The molecule has 0 aliphatic carbocycles. The number of nitrogens with zero attached hydrogens (tertiary/aromatic N) is 2. The van der Waals surface area contributed by atoms with Crippen LogP contribution in [0.15, 0.2) is 30.1 Å². The molecule has 0 aliphatic heterocycles. The van der Waals surface area contributed by atoms with E-state index < -0.39 is 0 Å². The van der Waals surface area contributed by atoms with Gasteiger partial charge in [-0.25, -0.2) is 0 Å². The van der Waals surface area contributed by atoms with Crippen molar-refractivity contribution in [2.75, 3.05) is 5.32 Å². The summed E-state index contributed by atoms with van der Waals surface area (Å²) in [7, 11) is 0. The lowest BCUT2D eigenvalue weighted by atomic mass is 10.3. The van der Waals surface area contributed by atoms with Crippen LogP contribution in [0, 0.1) is 22.7 Å². The van der Waals surface area contributed by atoms with E-state index in [-0.39, 0.29) is 5.57 Å². The molecule has 1 heterocycles. The maximum atomic E-state index is 8.36. The second kappa shape index (κ2) is 3.85. The molecular weight excluding hydrogens is 152 g/mol. The van der Waals surface area contributed by atoms with Gasteiger partial charge in [-0.3, -0.25) is 0 Å². The highest BCUT2D eigenvalue weighted by molar-refractivity contribution is 5.44. The van der Waals surface area contributed by atoms with Crippen molar-refractivity contribution in [3.63, 3.8) is 0 Å². The number of rotatable bonds is 2. The minimum Gasteiger partial charge on any atom is -0.348 e. The van der Waals surface area contributed by atoms with Crippen LogP contribution >= 0.6 is 0 Å². The van der Waals surface area contributed by atoms with Gasteiger partial charge in [-0.15, -0.1) is 0 Å². The summed E-state index contributed by atoms with van der Waals surface area (Å²) in [5.41, 5.74) is 0.0459. The van der Waals surface area contributed by atoms with Crippen molar-refractivity contribution >= 4 is 5.82 Å². The molecule has 58 valence electrons. The van der Waals surface area contributed by atoms with Gasteiger partial charge in [-0.1, -0.05) is 0 Å². The zero-order chi connectivity index (χ0) is 8.81. The monoisotopic (exact) mass is 158 g/mol. The van der Waals surface area contributed by atoms with Gasteiger partial charge in [0.2, 0.25) is 0 Å². The Morgan fingerprint density at radius 2 is 2.25 bits per heavy atom. The van der Waals surface area contributed by atoms with Gasteiger partial charge in [0.25, 0.3) is 0 Å². The number of aromatic amines is 1. The zero-order valence-corrected chi connectivity index (χ0v) is 6.20. The van der Waals surface area contributed by atoms with Crippen molar-refractivity contribution in [2.45, 2.75) is 0 Å². The third kappa shape index (κ3) is 1.89. The lowest BCUT2D eigenvalue weighted by molar-refractivity contribution is 1.37. The van der Waals surface area contributed by atoms with Crippen molar-refractivity contribution in [1.82, 2.24) is 4.98 Å². The number of hydrogen-bond donors (Lipinski definition) is 2. The molecule has 0 bridgehead atoms. The van der Waals surface area contributed by atoms with Crippen LogP contribution in [-0.4, -0.2) is 4.98 Å². The van der Waals surface area contributed by atoms with Gasteiger partial charge in [0.05, 0.1) is 0 Å². The van der Waals surface area contributed by atoms with Gasteiger partial charge in [0.15, 0.2) is 0 Å². The standard InChI is InChI=1S/C8H6N4/c9-4-7(5-10)6-12-8-2-1-3-11-8/h1-3,6,11-12H. The first-order valence-corrected chi connectivity index (χ1v) is 3.27. The summed E-state index contributed by atoms with van der Waals surface area (Å²) in [6, 6.07) is 7.08. The van der Waals surface area contributed by atoms with Gasteiger partial charge < -0.3 is 10.3 Å². The molecule has 1 aromatic heterocycles. The second-order valence-electron chi connectivity index (χ2n) is 2.01. The number of H-pyrrole nitrogens is 1. The van der Waals surface area contributed by atoms with Crippen LogP contribution in [0.3, 0.4) is 0 Å². The zero-order valence-electron chi connectivity index (χ0n) is 6.20. The summed E-state index contributed by atoms with van der Waals surface area (Å²) in [5, 5.41) is 19.5. The van der Waals surface area contributed by atoms with E-state index in [9.17, 15) is 0 Å². The molecular formula is C8H6N4. The summed E-state index contributed by atoms with van der Waals surface area (Å²) in [6.45, 7) is 0. The maximum absolute atomic E-state index is 8.36. The Labute approximate surface area is 69.7 Å². The predicted octanol–water partition coefficient (Wildman–Crippen LogP) is 1.36. The predicted molar refractivity (Wildman–Crippen MR) is 43.7 cm³/mol. The molecule has 12 heavy (non-hydrogen) atoms. The van der Waals surface area contributed by atoms with Gasteiger partial charge in [0.1, 0.15) is 23.5 Å². The van der Waals surface area contributed by atoms with Crippen molar-refractivity contribution in [3.05, 3.63) is 30.1 Å². The maximum Gasteiger partial charge on any atom is 0.145 e. The van der Waals surface area contributed by atoms with Gasteiger partial charge in [-0.2, -0.15) is 10.5 Å². The number of nitrogens with one attached hydrogen (secondary N) is 2. The Bertz CT molecular complexity index is 331. The molecule has 0 saturated heterocycles. The third-order valence-corrected chi connectivity index (χ3v) is 1.21. The molecule has 1 aromatic rings. The quantitative estimate of drug-likeness (QED) is 0.638. The average Bonchev–Trinajstić information content (AvgIpc) is 2.59. The Morgan fingerprint density at radius 1 is 1.50 bits per heavy atom. The van der Waals surface area contributed by atoms with Gasteiger partial charge >= 0.3 is 0 Å². The second-order valence-corrected chi connectivity index (χ2v) is 2.01. The lowest BCUT2D eigenvalue weighted by Gasteiger charge is -1.92. The molecule has 4 nitrogen and oxygen atoms in total. The summed E-state index contributed by atoms with van der Waals surface area (Å²) in [5.74, 6) is 0.748. The highest BCUT2D eigenvalue weighted by Gasteiger charge is 1.90. The molecule has 0 unspecified atom stereocenters. The summed E-state index contributed by atoms with van der Waals surface area (Å²) in [4.78, 5) is 2.87. The fraction of sp³-hybridized carbons (Fsp3) is 0. The molecule has 4 heteroatoms. The molecule has 2 N–H and O–H groups in total. The SMILES string of the molecule is N#CC(C#N)=CNc1ccc[nH]1. The van der Waals surface area contributed by atoms with Crippen molar-refractivity contribution < 1.29 is 0 Å². The lowest BCUT2D eigenvalue weighted by Crippen LogP contribution is -1.88. The van der Waals surface area contributed by atoms with Crippen LogP contribution in [0.5, 0.6) is 0 Å². The van der Waals surface area contributed by atoms with Crippen LogP contribution in [0.4, 0.5) is 5.82 Å². The summed E-state index contributed by atoms with van der Waals surface area (Å²) in [6.07, 6.45) is 3.10. The Morgan fingerprint density at radius 3 is 2.75 bits per heavy atom. The normalized spacial score (nSPS) is 7.83. The van der Waals surface area contributed by atoms with Crippen LogP contribution in [0.2, 0.25) is 0 Å². The fourth-order valence-corrected chi connectivity index (χ4v) is 0.660. The van der Waals surface area contributed by atoms with Gasteiger partial charge in [0, 0.05) is 12.4 Å². The van der Waals surface area contributed by atoms with E-state index in [1.54, 1.807) is 24.4 Å². The van der Waals surface area contributed by atoms with E-state index in [1.165, 1.54) is 6.20 Å². The minimum atomic E-state index is 0.0459. The number of hydrogen-bond acceptors (Lipinski definition) is 3.